The normalized spacial score (nSPS) is 21.0. The number of hydrogen-bond donors (Lipinski definition) is 1. The second-order valence-corrected chi connectivity index (χ2v) is 7.17. The van der Waals surface area contributed by atoms with E-state index in [1.54, 1.807) is 0 Å². The third-order valence-electron chi connectivity index (χ3n) is 5.53. The Morgan fingerprint density at radius 2 is 2.16 bits per heavy atom. The van der Waals surface area contributed by atoms with Crippen molar-refractivity contribution in [3.8, 4) is 5.97 Å². The number of nitriles is 1. The first-order valence-electron chi connectivity index (χ1n) is 9.18. The Hall–Kier alpha value is -2.22. The summed E-state index contributed by atoms with van der Waals surface area (Å²) >= 11 is 0. The van der Waals surface area contributed by atoms with Crippen LogP contribution in [0, 0.1) is 23.1 Å². The molecule has 1 atom stereocenters. The van der Waals surface area contributed by atoms with E-state index in [1.165, 1.54) is 23.9 Å². The van der Waals surface area contributed by atoms with Gasteiger partial charge in [0.1, 0.15) is 0 Å². The molecule has 1 saturated heterocycles. The summed E-state index contributed by atoms with van der Waals surface area (Å²) < 4.78 is 4.92. The molecule has 1 unspecified atom stereocenters. The van der Waals surface area contributed by atoms with Crippen molar-refractivity contribution in [2.45, 2.75) is 38.3 Å². The van der Waals surface area contributed by atoms with Gasteiger partial charge in [-0.1, -0.05) is 55.3 Å². The molecule has 5 heteroatoms. The average molecular weight is 336 g/mol. The summed E-state index contributed by atoms with van der Waals surface area (Å²) in [6.07, 6.45) is 7.65. The molecule has 0 amide bonds. The lowest BCUT2D eigenvalue weighted by atomic mass is 9.42. The summed E-state index contributed by atoms with van der Waals surface area (Å²) in [6.45, 7) is 1.06. The number of allylic oxidation sites excluding steroid dienone is 1. The summed E-state index contributed by atoms with van der Waals surface area (Å²) in [5, 5.41) is 12.6. The Morgan fingerprint density at radius 3 is 2.88 bits per heavy atom. The van der Waals surface area contributed by atoms with Gasteiger partial charge >= 0.3 is 5.97 Å². The van der Waals surface area contributed by atoms with Crippen molar-refractivity contribution in [2.24, 2.45) is 11.8 Å². The predicted molar refractivity (Wildman–Crippen MR) is 101 cm³/mol. The molecule has 0 aliphatic carbocycles. The highest BCUT2D eigenvalue weighted by Crippen LogP contribution is 2.33. The summed E-state index contributed by atoms with van der Waals surface area (Å²) in [6, 6.07) is 8.38. The van der Waals surface area contributed by atoms with Crippen molar-refractivity contribution in [3.05, 3.63) is 41.5 Å². The van der Waals surface area contributed by atoms with Crippen molar-refractivity contribution >= 4 is 18.4 Å². The van der Waals surface area contributed by atoms with Crippen molar-refractivity contribution < 1.29 is 9.53 Å². The number of carbonyl (C=O) groups excluding carboxylic acids is 1. The zero-order chi connectivity index (χ0) is 17.6. The maximum atomic E-state index is 11.9. The topological polar surface area (TPSA) is 62.1 Å². The Morgan fingerprint density at radius 1 is 1.40 bits per heavy atom. The fourth-order valence-electron chi connectivity index (χ4n) is 4.00. The molecule has 0 aromatic heterocycles. The highest BCUT2D eigenvalue weighted by Gasteiger charge is 2.27. The van der Waals surface area contributed by atoms with E-state index in [2.05, 4.69) is 35.6 Å². The summed E-state index contributed by atoms with van der Waals surface area (Å²) in [5.74, 6) is 3.01. The van der Waals surface area contributed by atoms with Gasteiger partial charge in [-0.2, -0.15) is 0 Å². The van der Waals surface area contributed by atoms with E-state index in [4.69, 9.17) is 10.00 Å². The maximum Gasteiger partial charge on any atom is 0.309 e. The molecular formula is C20H25BN2O2. The van der Waals surface area contributed by atoms with Gasteiger partial charge in [-0.05, 0) is 24.0 Å². The van der Waals surface area contributed by atoms with Crippen LogP contribution in [-0.2, 0) is 16.0 Å². The van der Waals surface area contributed by atoms with E-state index in [1.807, 2.05) is 6.07 Å². The summed E-state index contributed by atoms with van der Waals surface area (Å²) in [4.78, 5) is 11.9. The number of methoxy groups -OCH3 is 1. The van der Waals surface area contributed by atoms with Crippen molar-refractivity contribution in [1.82, 2.24) is 0 Å². The molecule has 1 aromatic rings. The van der Waals surface area contributed by atoms with Crippen molar-refractivity contribution in [1.29, 1.82) is 5.26 Å². The fraction of sp³-hybridized carbons (Fsp3) is 0.500. The van der Waals surface area contributed by atoms with Gasteiger partial charge in [0.25, 0.3) is 6.71 Å². The van der Waals surface area contributed by atoms with Crippen LogP contribution in [0.5, 0.6) is 0 Å². The van der Waals surface area contributed by atoms with E-state index in [-0.39, 0.29) is 12.7 Å². The molecule has 130 valence electrons. The largest absolute Gasteiger partial charge is 0.469 e. The molecule has 1 fully saturated rings. The number of anilines is 1. The minimum Gasteiger partial charge on any atom is -0.469 e. The molecule has 0 saturated carbocycles. The Labute approximate surface area is 150 Å². The lowest BCUT2D eigenvalue weighted by molar-refractivity contribution is -0.139. The number of nitrogens with zero attached hydrogens (tertiary/aromatic N) is 1. The number of para-hydroxylation sites is 1. The number of nitrogens with one attached hydrogen (secondary N) is 1. The second-order valence-electron chi connectivity index (χ2n) is 7.17. The molecular weight excluding hydrogens is 311 g/mol. The molecule has 4 nitrogen and oxygen atoms in total. The van der Waals surface area contributed by atoms with Crippen LogP contribution in [0.1, 0.15) is 24.8 Å². The first-order chi connectivity index (χ1) is 12.2. The van der Waals surface area contributed by atoms with Crippen LogP contribution in [-0.4, -0.2) is 26.3 Å². The van der Waals surface area contributed by atoms with Crippen LogP contribution in [0.3, 0.4) is 0 Å². The monoisotopic (exact) mass is 336 g/mol. The van der Waals surface area contributed by atoms with Crippen molar-refractivity contribution in [3.63, 3.8) is 0 Å². The molecule has 0 spiro atoms. The molecule has 3 rings (SSSR count). The molecule has 2 aliphatic rings. The number of carbonyl (C=O) groups is 1. The summed E-state index contributed by atoms with van der Waals surface area (Å²) in [5.41, 5.74) is 3.70. The lowest BCUT2D eigenvalue weighted by Crippen LogP contribution is -2.27. The Bertz CT molecular complexity index is 687. The molecule has 2 heterocycles. The smallest absolute Gasteiger partial charge is 0.309 e. The molecule has 2 aliphatic heterocycles. The van der Waals surface area contributed by atoms with Crippen LogP contribution in [0.25, 0.3) is 0 Å². The molecule has 1 N–H and O–H groups in total. The van der Waals surface area contributed by atoms with Gasteiger partial charge in [-0.3, -0.25) is 4.79 Å². The first kappa shape index (κ1) is 17.6. The number of fused-ring (bicyclic) bond motifs is 1. The Kier molecular flexibility index (Phi) is 5.81. The van der Waals surface area contributed by atoms with E-state index < -0.39 is 0 Å². The van der Waals surface area contributed by atoms with Crippen LogP contribution in [0.4, 0.5) is 5.69 Å². The van der Waals surface area contributed by atoms with Gasteiger partial charge in [0, 0.05) is 24.1 Å². The van der Waals surface area contributed by atoms with Gasteiger partial charge in [-0.15, -0.1) is 0 Å². The van der Waals surface area contributed by atoms with E-state index in [0.717, 1.165) is 38.4 Å². The number of ether oxygens (including phenoxy) is 1. The number of hydrogen-bond acceptors (Lipinski definition) is 4. The van der Waals surface area contributed by atoms with Gasteiger partial charge < -0.3 is 10.1 Å². The summed E-state index contributed by atoms with van der Waals surface area (Å²) in [7, 11) is 1.45. The van der Waals surface area contributed by atoms with E-state index >= 15 is 0 Å². The Balaban J connectivity index is 1.75. The standard InChI is InChI=1S/C20H25BN2O2/c1-25-20(24)12-17(10-15-6-8-21(14-22)9-7-15)18-11-16-4-2-3-5-19(16)23-13-18/h2-5,10,15,18,23H,6-9,11-13H2,1H3/b17-10-. The van der Waals surface area contributed by atoms with Crippen LogP contribution in [0.15, 0.2) is 35.9 Å². The quantitative estimate of drug-likeness (QED) is 0.517. The minimum atomic E-state index is -0.171. The highest BCUT2D eigenvalue weighted by molar-refractivity contribution is 6.67. The highest BCUT2D eigenvalue weighted by atomic mass is 16.5. The number of benzene rings is 1. The van der Waals surface area contributed by atoms with Crippen LogP contribution >= 0.6 is 0 Å². The lowest BCUT2D eigenvalue weighted by Gasteiger charge is -2.29. The van der Waals surface area contributed by atoms with Crippen LogP contribution < -0.4 is 5.32 Å². The molecule has 1 aromatic carbocycles. The predicted octanol–water partition coefficient (Wildman–Crippen LogP) is 3.73. The van der Waals surface area contributed by atoms with E-state index in [0.29, 0.717) is 18.3 Å². The average Bonchev–Trinajstić information content (AvgIpc) is 2.67. The van der Waals surface area contributed by atoms with Crippen molar-refractivity contribution in [2.75, 3.05) is 19.0 Å². The number of esters is 1. The minimum absolute atomic E-state index is 0.171. The van der Waals surface area contributed by atoms with Gasteiger partial charge in [0.05, 0.1) is 13.5 Å². The van der Waals surface area contributed by atoms with Crippen LogP contribution in [0.2, 0.25) is 12.6 Å². The SMILES string of the molecule is COC(=O)C/C(=C/C1CCB(C#N)CC1)C1CNc2ccccc2C1. The second kappa shape index (κ2) is 8.25. The van der Waals surface area contributed by atoms with E-state index in [9.17, 15) is 4.79 Å². The van der Waals surface area contributed by atoms with Gasteiger partial charge in [0.2, 0.25) is 0 Å². The van der Waals surface area contributed by atoms with Gasteiger partial charge in [-0.25, -0.2) is 5.26 Å². The molecule has 25 heavy (non-hydrogen) atoms. The zero-order valence-electron chi connectivity index (χ0n) is 14.8. The maximum absolute atomic E-state index is 11.9. The number of rotatable bonds is 4. The first-order valence-corrected chi connectivity index (χ1v) is 9.18. The zero-order valence-corrected chi connectivity index (χ0v) is 14.8. The van der Waals surface area contributed by atoms with Gasteiger partial charge in [0.15, 0.2) is 0 Å². The third-order valence-corrected chi connectivity index (χ3v) is 5.53. The molecule has 0 radical (unpaired) electrons. The fourth-order valence-corrected chi connectivity index (χ4v) is 4.00. The molecule has 0 bridgehead atoms. The third kappa shape index (κ3) is 4.45.